The van der Waals surface area contributed by atoms with Gasteiger partial charge in [0.1, 0.15) is 5.76 Å². The number of carbonyl (C=O) groups excluding carboxylic acids is 1. The number of esters is 1. The maximum absolute atomic E-state index is 11.7. The van der Waals surface area contributed by atoms with Gasteiger partial charge in [0, 0.05) is 11.1 Å². The molecule has 1 aromatic heterocycles. The third kappa shape index (κ3) is 3.49. The molecule has 4 heteroatoms. The van der Waals surface area contributed by atoms with Crippen molar-refractivity contribution in [2.75, 3.05) is 6.61 Å². The fourth-order valence-electron chi connectivity index (χ4n) is 3.40. The zero-order valence-corrected chi connectivity index (χ0v) is 13.9. The van der Waals surface area contributed by atoms with E-state index in [0.717, 1.165) is 12.3 Å². The van der Waals surface area contributed by atoms with E-state index in [1.165, 1.54) is 19.3 Å². The van der Waals surface area contributed by atoms with Gasteiger partial charge in [0.05, 0.1) is 13.2 Å². The maximum Gasteiger partial charge on any atom is 0.374 e. The second kappa shape index (κ2) is 5.84. The molecule has 0 amide bonds. The molecule has 0 atom stereocenters. The quantitative estimate of drug-likeness (QED) is 0.787. The van der Waals surface area contributed by atoms with Gasteiger partial charge in [-0.1, -0.05) is 0 Å². The standard InChI is InChI=1S/C17H27NO3/c1-6-20-15(19)14-9-8-13(21-14)12-18-16(2,3)10-7-11-17(18,4)5/h8-9H,6-7,10-12H2,1-5H3. The van der Waals surface area contributed by atoms with Crippen LogP contribution in [0.1, 0.15) is 70.2 Å². The third-order valence-corrected chi connectivity index (χ3v) is 4.49. The minimum Gasteiger partial charge on any atom is -0.460 e. The Hall–Kier alpha value is -1.29. The molecular formula is C17H27NO3. The number of carbonyl (C=O) groups is 1. The molecule has 0 unspecified atom stereocenters. The molecule has 1 fully saturated rings. The first-order valence-corrected chi connectivity index (χ1v) is 7.80. The van der Waals surface area contributed by atoms with Crippen LogP contribution < -0.4 is 0 Å². The van der Waals surface area contributed by atoms with Gasteiger partial charge in [-0.05, 0) is 66.0 Å². The largest absolute Gasteiger partial charge is 0.460 e. The Balaban J connectivity index is 2.14. The molecule has 4 nitrogen and oxygen atoms in total. The lowest BCUT2D eigenvalue weighted by Crippen LogP contribution is -2.57. The summed E-state index contributed by atoms with van der Waals surface area (Å²) in [4.78, 5) is 14.2. The summed E-state index contributed by atoms with van der Waals surface area (Å²) in [6.45, 7) is 12.0. The number of nitrogens with zero attached hydrogens (tertiary/aromatic N) is 1. The van der Waals surface area contributed by atoms with Crippen LogP contribution in [0.5, 0.6) is 0 Å². The summed E-state index contributed by atoms with van der Waals surface area (Å²) >= 11 is 0. The zero-order chi connectivity index (χ0) is 15.7. The van der Waals surface area contributed by atoms with Crippen LogP contribution in [0.4, 0.5) is 0 Å². The lowest BCUT2D eigenvalue weighted by atomic mass is 9.80. The van der Waals surface area contributed by atoms with Gasteiger partial charge >= 0.3 is 5.97 Å². The minimum absolute atomic E-state index is 0.138. The van der Waals surface area contributed by atoms with Crippen molar-refractivity contribution < 1.29 is 13.9 Å². The molecule has 0 bridgehead atoms. The highest BCUT2D eigenvalue weighted by Gasteiger charge is 2.41. The Labute approximate surface area is 127 Å². The summed E-state index contributed by atoms with van der Waals surface area (Å²) in [7, 11) is 0. The first-order valence-electron chi connectivity index (χ1n) is 7.80. The Bertz CT molecular complexity index is 486. The van der Waals surface area contributed by atoms with E-state index in [9.17, 15) is 4.79 Å². The lowest BCUT2D eigenvalue weighted by molar-refractivity contribution is -0.0386. The molecule has 0 N–H and O–H groups in total. The molecule has 2 rings (SSSR count). The van der Waals surface area contributed by atoms with Crippen LogP contribution in [-0.4, -0.2) is 28.6 Å². The van der Waals surface area contributed by atoms with Gasteiger partial charge in [-0.15, -0.1) is 0 Å². The monoisotopic (exact) mass is 293 g/mol. The SMILES string of the molecule is CCOC(=O)c1ccc(CN2C(C)(C)CCCC2(C)C)o1. The van der Waals surface area contributed by atoms with Gasteiger partial charge in [-0.25, -0.2) is 4.79 Å². The Kier molecular flexibility index (Phi) is 4.47. The molecule has 118 valence electrons. The Morgan fingerprint density at radius 1 is 1.24 bits per heavy atom. The zero-order valence-electron chi connectivity index (χ0n) is 13.9. The summed E-state index contributed by atoms with van der Waals surface area (Å²) in [5, 5.41) is 0. The van der Waals surface area contributed by atoms with Crippen molar-refractivity contribution in [2.45, 2.75) is 71.5 Å². The van der Waals surface area contributed by atoms with E-state index in [2.05, 4.69) is 32.6 Å². The van der Waals surface area contributed by atoms with Crippen LogP contribution in [0.3, 0.4) is 0 Å². The topological polar surface area (TPSA) is 42.7 Å². The molecule has 0 saturated carbocycles. The molecular weight excluding hydrogens is 266 g/mol. The molecule has 0 spiro atoms. The van der Waals surface area contributed by atoms with Crippen molar-refractivity contribution >= 4 is 5.97 Å². The highest BCUT2D eigenvalue weighted by molar-refractivity contribution is 5.86. The molecule has 1 saturated heterocycles. The summed E-state index contributed by atoms with van der Waals surface area (Å²) in [6.07, 6.45) is 3.62. The summed E-state index contributed by atoms with van der Waals surface area (Å²) < 4.78 is 10.6. The van der Waals surface area contributed by atoms with E-state index in [0.29, 0.717) is 12.4 Å². The maximum atomic E-state index is 11.7. The minimum atomic E-state index is -0.388. The number of likely N-dealkylation sites (tertiary alicyclic amines) is 1. The molecule has 0 radical (unpaired) electrons. The highest BCUT2D eigenvalue weighted by atomic mass is 16.5. The predicted molar refractivity (Wildman–Crippen MR) is 82.2 cm³/mol. The molecule has 21 heavy (non-hydrogen) atoms. The van der Waals surface area contributed by atoms with Crippen LogP contribution in [0.2, 0.25) is 0 Å². The highest BCUT2D eigenvalue weighted by Crippen LogP contribution is 2.39. The number of hydrogen-bond donors (Lipinski definition) is 0. The van der Waals surface area contributed by atoms with Crippen LogP contribution in [0, 0.1) is 0 Å². The van der Waals surface area contributed by atoms with Crippen molar-refractivity contribution in [1.82, 2.24) is 4.90 Å². The van der Waals surface area contributed by atoms with E-state index >= 15 is 0 Å². The fraction of sp³-hybridized carbons (Fsp3) is 0.706. The second-order valence-corrected chi connectivity index (χ2v) is 7.05. The molecule has 0 aromatic carbocycles. The number of furan rings is 1. The molecule has 1 aliphatic heterocycles. The fourth-order valence-corrected chi connectivity index (χ4v) is 3.40. The first-order chi connectivity index (χ1) is 9.76. The van der Waals surface area contributed by atoms with E-state index < -0.39 is 0 Å². The molecule has 1 aromatic rings. The lowest BCUT2D eigenvalue weighted by Gasteiger charge is -2.52. The molecule has 1 aliphatic rings. The third-order valence-electron chi connectivity index (χ3n) is 4.49. The number of rotatable bonds is 4. The smallest absolute Gasteiger partial charge is 0.374 e. The van der Waals surface area contributed by atoms with Crippen molar-refractivity contribution in [1.29, 1.82) is 0 Å². The van der Waals surface area contributed by atoms with E-state index in [-0.39, 0.29) is 17.0 Å². The van der Waals surface area contributed by atoms with Crippen LogP contribution in [-0.2, 0) is 11.3 Å². The summed E-state index contributed by atoms with van der Waals surface area (Å²) in [5.74, 6) is 0.724. The van der Waals surface area contributed by atoms with Gasteiger partial charge in [-0.2, -0.15) is 0 Å². The van der Waals surface area contributed by atoms with Crippen molar-refractivity contribution in [3.05, 3.63) is 23.7 Å². The number of piperidine rings is 1. The number of ether oxygens (including phenoxy) is 1. The van der Waals surface area contributed by atoms with Gasteiger partial charge in [0.15, 0.2) is 0 Å². The van der Waals surface area contributed by atoms with Crippen LogP contribution in [0.25, 0.3) is 0 Å². The van der Waals surface area contributed by atoms with Crippen LogP contribution in [0.15, 0.2) is 16.5 Å². The van der Waals surface area contributed by atoms with E-state index in [4.69, 9.17) is 9.15 Å². The molecule has 2 heterocycles. The van der Waals surface area contributed by atoms with Crippen molar-refractivity contribution in [3.63, 3.8) is 0 Å². The summed E-state index contributed by atoms with van der Waals surface area (Å²) in [5.41, 5.74) is 0.275. The normalized spacial score (nSPS) is 21.2. The van der Waals surface area contributed by atoms with Crippen molar-refractivity contribution in [3.8, 4) is 0 Å². The number of hydrogen-bond acceptors (Lipinski definition) is 4. The average Bonchev–Trinajstić information content (AvgIpc) is 2.82. The van der Waals surface area contributed by atoms with Crippen LogP contribution >= 0.6 is 0 Å². The van der Waals surface area contributed by atoms with Gasteiger partial charge in [-0.3, -0.25) is 4.90 Å². The summed E-state index contributed by atoms with van der Waals surface area (Å²) in [6, 6.07) is 3.59. The van der Waals surface area contributed by atoms with Gasteiger partial charge in [0.2, 0.25) is 5.76 Å². The van der Waals surface area contributed by atoms with Gasteiger partial charge < -0.3 is 9.15 Å². The predicted octanol–water partition coefficient (Wildman–Crippen LogP) is 4.00. The van der Waals surface area contributed by atoms with Crippen molar-refractivity contribution in [2.24, 2.45) is 0 Å². The Morgan fingerprint density at radius 3 is 2.43 bits per heavy atom. The molecule has 0 aliphatic carbocycles. The van der Waals surface area contributed by atoms with E-state index in [1.807, 2.05) is 6.07 Å². The first kappa shape index (κ1) is 16.1. The second-order valence-electron chi connectivity index (χ2n) is 7.05. The Morgan fingerprint density at radius 2 is 1.86 bits per heavy atom. The van der Waals surface area contributed by atoms with E-state index in [1.54, 1.807) is 13.0 Å². The van der Waals surface area contributed by atoms with Gasteiger partial charge in [0.25, 0.3) is 0 Å². The average molecular weight is 293 g/mol.